The predicted octanol–water partition coefficient (Wildman–Crippen LogP) is 2.78. The number of aromatic nitrogens is 2. The molecule has 1 unspecified atom stereocenters. The van der Waals surface area contributed by atoms with Gasteiger partial charge < -0.3 is 14.2 Å². The summed E-state index contributed by atoms with van der Waals surface area (Å²) >= 11 is 0. The van der Waals surface area contributed by atoms with Crippen LogP contribution >= 0.6 is 0 Å². The molecule has 1 aromatic carbocycles. The number of hydrogen-bond acceptors (Lipinski definition) is 3. The molecule has 1 atom stereocenters. The Bertz CT molecular complexity index is 968. The molecular formula is C22H23FN4O2. The second-order valence-electron chi connectivity index (χ2n) is 7.36. The lowest BCUT2D eigenvalue weighted by Crippen LogP contribution is -2.43. The van der Waals surface area contributed by atoms with E-state index >= 15 is 0 Å². The van der Waals surface area contributed by atoms with Gasteiger partial charge in [0.2, 0.25) is 6.41 Å². The van der Waals surface area contributed by atoms with Crippen molar-refractivity contribution in [1.82, 2.24) is 19.2 Å². The fourth-order valence-corrected chi connectivity index (χ4v) is 3.84. The van der Waals surface area contributed by atoms with E-state index < -0.39 is 0 Å². The zero-order valence-corrected chi connectivity index (χ0v) is 16.1. The minimum Gasteiger partial charge on any atom is -0.340 e. The number of likely N-dealkylation sites (tertiary alicyclic amines) is 1. The van der Waals surface area contributed by atoms with Gasteiger partial charge in [0.25, 0.3) is 5.91 Å². The maximum absolute atomic E-state index is 13.3. The quantitative estimate of drug-likeness (QED) is 0.579. The Balaban J connectivity index is 1.54. The molecule has 150 valence electrons. The van der Waals surface area contributed by atoms with Crippen LogP contribution in [0.15, 0.2) is 54.9 Å². The molecule has 1 aliphatic heterocycles. The van der Waals surface area contributed by atoms with Crippen molar-refractivity contribution in [3.05, 3.63) is 71.9 Å². The van der Waals surface area contributed by atoms with Gasteiger partial charge in [0.1, 0.15) is 17.2 Å². The van der Waals surface area contributed by atoms with Crippen molar-refractivity contribution in [2.75, 3.05) is 19.6 Å². The molecule has 2 aromatic heterocycles. The molecule has 3 aromatic rings. The molecule has 4 rings (SSSR count). The van der Waals surface area contributed by atoms with Gasteiger partial charge in [-0.1, -0.05) is 18.2 Å². The molecule has 0 N–H and O–H groups in total. The van der Waals surface area contributed by atoms with Gasteiger partial charge in [0.05, 0.1) is 0 Å². The summed E-state index contributed by atoms with van der Waals surface area (Å²) in [6, 6.07) is 11.9. The first-order valence-electron chi connectivity index (χ1n) is 9.82. The maximum Gasteiger partial charge on any atom is 0.274 e. The van der Waals surface area contributed by atoms with Gasteiger partial charge in [0, 0.05) is 38.1 Å². The van der Waals surface area contributed by atoms with Gasteiger partial charge in [-0.3, -0.25) is 9.59 Å². The van der Waals surface area contributed by atoms with Crippen LogP contribution in [0.2, 0.25) is 0 Å². The van der Waals surface area contributed by atoms with Gasteiger partial charge in [-0.15, -0.1) is 0 Å². The fraction of sp³-hybridized carbons (Fsp3) is 0.318. The third-order valence-corrected chi connectivity index (χ3v) is 5.44. The summed E-state index contributed by atoms with van der Waals surface area (Å²) in [5, 5.41) is 0. The number of rotatable bonds is 7. The third-order valence-electron chi connectivity index (χ3n) is 5.44. The Labute approximate surface area is 168 Å². The number of carbonyl (C=O) groups is 2. The van der Waals surface area contributed by atoms with E-state index in [1.54, 1.807) is 28.1 Å². The van der Waals surface area contributed by atoms with Gasteiger partial charge in [-0.2, -0.15) is 0 Å². The van der Waals surface area contributed by atoms with Crippen molar-refractivity contribution in [2.24, 2.45) is 0 Å². The normalized spacial score (nSPS) is 16.3. The Morgan fingerprint density at radius 3 is 2.83 bits per heavy atom. The second-order valence-corrected chi connectivity index (χ2v) is 7.36. The van der Waals surface area contributed by atoms with E-state index in [0.29, 0.717) is 30.9 Å². The van der Waals surface area contributed by atoms with Crippen LogP contribution in [0.25, 0.3) is 5.65 Å². The maximum atomic E-state index is 13.3. The number of carbonyl (C=O) groups excluding carboxylic acids is 2. The van der Waals surface area contributed by atoms with Crippen LogP contribution in [-0.4, -0.2) is 57.2 Å². The summed E-state index contributed by atoms with van der Waals surface area (Å²) in [6.07, 6.45) is 6.88. The number of amides is 2. The Morgan fingerprint density at radius 2 is 2.07 bits per heavy atom. The molecule has 1 aliphatic rings. The van der Waals surface area contributed by atoms with Gasteiger partial charge in [-0.05, 0) is 49.1 Å². The highest BCUT2D eigenvalue weighted by atomic mass is 19.1. The van der Waals surface area contributed by atoms with E-state index in [2.05, 4.69) is 4.98 Å². The SMILES string of the molecule is O=CN1CCCC1CN(CCc1ccc(F)cc1)C(=O)c1cn2ccccc2n1. The van der Waals surface area contributed by atoms with Crippen LogP contribution < -0.4 is 0 Å². The largest absolute Gasteiger partial charge is 0.340 e. The number of hydrogen-bond donors (Lipinski definition) is 0. The molecular weight excluding hydrogens is 371 g/mol. The first-order chi connectivity index (χ1) is 14.1. The van der Waals surface area contributed by atoms with Gasteiger partial charge >= 0.3 is 0 Å². The minimum atomic E-state index is -0.279. The van der Waals surface area contributed by atoms with E-state index in [1.165, 1.54) is 12.1 Å². The molecule has 6 nitrogen and oxygen atoms in total. The lowest BCUT2D eigenvalue weighted by atomic mass is 10.1. The topological polar surface area (TPSA) is 57.9 Å². The molecule has 2 amide bonds. The highest BCUT2D eigenvalue weighted by Gasteiger charge is 2.28. The number of halogens is 1. The Morgan fingerprint density at radius 1 is 1.24 bits per heavy atom. The van der Waals surface area contributed by atoms with Crippen molar-refractivity contribution in [2.45, 2.75) is 25.3 Å². The summed E-state index contributed by atoms with van der Waals surface area (Å²) in [6.45, 7) is 1.66. The van der Waals surface area contributed by atoms with Gasteiger partial charge in [0.15, 0.2) is 0 Å². The molecule has 1 fully saturated rings. The predicted molar refractivity (Wildman–Crippen MR) is 107 cm³/mol. The first kappa shape index (κ1) is 19.1. The number of fused-ring (bicyclic) bond motifs is 1. The van der Waals surface area contributed by atoms with E-state index in [4.69, 9.17) is 0 Å². The van der Waals surface area contributed by atoms with Crippen LogP contribution in [0.3, 0.4) is 0 Å². The molecule has 0 spiro atoms. The summed E-state index contributed by atoms with van der Waals surface area (Å²) in [5.41, 5.74) is 2.05. The molecule has 0 radical (unpaired) electrons. The van der Waals surface area contributed by atoms with E-state index in [9.17, 15) is 14.0 Å². The van der Waals surface area contributed by atoms with Crippen LogP contribution in [0.1, 0.15) is 28.9 Å². The van der Waals surface area contributed by atoms with E-state index in [1.807, 2.05) is 28.8 Å². The van der Waals surface area contributed by atoms with Gasteiger partial charge in [-0.25, -0.2) is 9.37 Å². The second kappa shape index (κ2) is 8.43. The zero-order chi connectivity index (χ0) is 20.2. The monoisotopic (exact) mass is 394 g/mol. The molecule has 1 saturated heterocycles. The average Bonchev–Trinajstić information content (AvgIpc) is 3.38. The number of pyridine rings is 1. The fourth-order valence-electron chi connectivity index (χ4n) is 3.84. The van der Waals surface area contributed by atoms with Crippen LogP contribution in [-0.2, 0) is 11.2 Å². The minimum absolute atomic E-state index is 0.0155. The molecule has 29 heavy (non-hydrogen) atoms. The van der Waals surface area contributed by atoms with Crippen LogP contribution in [0.5, 0.6) is 0 Å². The highest BCUT2D eigenvalue weighted by Crippen LogP contribution is 2.18. The van der Waals surface area contributed by atoms with Crippen LogP contribution in [0.4, 0.5) is 4.39 Å². The number of nitrogens with zero attached hydrogens (tertiary/aromatic N) is 4. The first-order valence-corrected chi connectivity index (χ1v) is 9.82. The zero-order valence-electron chi connectivity index (χ0n) is 16.1. The van der Waals surface area contributed by atoms with Crippen molar-refractivity contribution >= 4 is 18.0 Å². The van der Waals surface area contributed by atoms with E-state index in [0.717, 1.165) is 31.4 Å². The summed E-state index contributed by atoms with van der Waals surface area (Å²) < 4.78 is 15.0. The molecule has 0 saturated carbocycles. The average molecular weight is 394 g/mol. The molecule has 3 heterocycles. The Kier molecular flexibility index (Phi) is 5.55. The summed E-state index contributed by atoms with van der Waals surface area (Å²) in [5.74, 6) is -0.437. The number of benzene rings is 1. The Hall–Kier alpha value is -3.22. The molecule has 0 aliphatic carbocycles. The van der Waals surface area contributed by atoms with Crippen LogP contribution in [0, 0.1) is 5.82 Å². The highest BCUT2D eigenvalue weighted by molar-refractivity contribution is 5.93. The molecule has 0 bridgehead atoms. The standard InChI is InChI=1S/C22H23FN4O2/c23-18-8-6-17(7-9-18)10-13-26(14-19-4-3-12-27(19)16-28)22(29)20-15-25-11-2-1-5-21(25)24-20/h1-2,5-9,11,15-16,19H,3-4,10,12-14H2. The lowest BCUT2D eigenvalue weighted by molar-refractivity contribution is -0.119. The smallest absolute Gasteiger partial charge is 0.274 e. The summed E-state index contributed by atoms with van der Waals surface area (Å²) in [4.78, 5) is 32.6. The van der Waals surface area contributed by atoms with Crippen molar-refractivity contribution in [3.63, 3.8) is 0 Å². The summed E-state index contributed by atoms with van der Waals surface area (Å²) in [7, 11) is 0. The third kappa shape index (κ3) is 4.29. The number of imidazole rings is 1. The molecule has 7 heteroatoms. The van der Waals surface area contributed by atoms with Crippen molar-refractivity contribution in [1.29, 1.82) is 0 Å². The lowest BCUT2D eigenvalue weighted by Gasteiger charge is -2.28. The van der Waals surface area contributed by atoms with Crippen molar-refractivity contribution < 1.29 is 14.0 Å². The van der Waals surface area contributed by atoms with Crippen molar-refractivity contribution in [3.8, 4) is 0 Å². The van der Waals surface area contributed by atoms with E-state index in [-0.39, 0.29) is 17.8 Å².